The van der Waals surface area contributed by atoms with Crippen LogP contribution >= 0.6 is 0 Å². The summed E-state index contributed by atoms with van der Waals surface area (Å²) in [6, 6.07) is 22.8. The molecule has 48 heavy (non-hydrogen) atoms. The maximum Gasteiger partial charge on any atom is 0.341 e. The molecule has 1 fully saturated rings. The van der Waals surface area contributed by atoms with E-state index in [0.29, 0.717) is 44.3 Å². The highest BCUT2D eigenvalue weighted by Gasteiger charge is 2.53. The summed E-state index contributed by atoms with van der Waals surface area (Å²) in [7, 11) is 0. The number of H-pyrrole nitrogens is 1. The maximum atomic E-state index is 14.3. The molecule has 3 aliphatic rings. The Hall–Kier alpha value is -5.32. The Labute approximate surface area is 277 Å². The van der Waals surface area contributed by atoms with E-state index in [1.54, 1.807) is 31.2 Å². The molecule has 1 aliphatic carbocycles. The molecule has 0 amide bonds. The molecular formula is C37H38N6O5. The molecule has 4 heterocycles. The van der Waals surface area contributed by atoms with Gasteiger partial charge >= 0.3 is 11.9 Å². The van der Waals surface area contributed by atoms with E-state index < -0.39 is 17.5 Å². The van der Waals surface area contributed by atoms with Gasteiger partial charge in [-0.05, 0) is 84.7 Å². The number of nitrogens with one attached hydrogen (secondary N) is 1. The second-order valence-electron chi connectivity index (χ2n) is 12.5. The third-order valence-corrected chi connectivity index (χ3v) is 9.72. The topological polar surface area (TPSA) is 134 Å². The van der Waals surface area contributed by atoms with Crippen molar-refractivity contribution in [2.24, 2.45) is 0 Å². The Morgan fingerprint density at radius 1 is 0.958 bits per heavy atom. The number of tetrazole rings is 1. The van der Waals surface area contributed by atoms with E-state index in [1.807, 2.05) is 33.6 Å². The zero-order chi connectivity index (χ0) is 33.3. The van der Waals surface area contributed by atoms with Crippen molar-refractivity contribution in [1.82, 2.24) is 30.0 Å². The van der Waals surface area contributed by atoms with Gasteiger partial charge < -0.3 is 9.47 Å². The molecule has 8 rings (SSSR count). The number of unbranched alkanes of at least 4 members (excludes halogenated alkanes) is 1. The normalized spacial score (nSPS) is 18.0. The maximum absolute atomic E-state index is 14.3. The van der Waals surface area contributed by atoms with Gasteiger partial charge in [0.25, 0.3) is 5.56 Å². The van der Waals surface area contributed by atoms with Crippen LogP contribution in [0.3, 0.4) is 0 Å². The number of benzene rings is 3. The highest BCUT2D eigenvalue weighted by molar-refractivity contribution is 5.94. The lowest BCUT2D eigenvalue weighted by atomic mass is 9.77. The molecule has 0 spiro atoms. The van der Waals surface area contributed by atoms with Crippen LogP contribution in [0, 0.1) is 0 Å². The van der Waals surface area contributed by atoms with Gasteiger partial charge in [0.2, 0.25) is 0 Å². The van der Waals surface area contributed by atoms with Crippen LogP contribution in [-0.4, -0.2) is 48.5 Å². The number of fused-ring (bicyclic) bond motifs is 2. The van der Waals surface area contributed by atoms with Crippen molar-refractivity contribution < 1.29 is 19.1 Å². The van der Waals surface area contributed by atoms with Crippen LogP contribution in [0.2, 0.25) is 0 Å². The van der Waals surface area contributed by atoms with Crippen molar-refractivity contribution in [2.75, 3.05) is 6.61 Å². The van der Waals surface area contributed by atoms with Gasteiger partial charge in [-0.1, -0.05) is 74.0 Å². The largest absolute Gasteiger partial charge is 0.462 e. The number of para-hydroxylation sites is 1. The molecule has 11 nitrogen and oxygen atoms in total. The first kappa shape index (κ1) is 31.3. The molecule has 2 aliphatic heterocycles. The number of aromatic nitrogens is 6. The fraction of sp³-hybridized carbons (Fsp3) is 0.351. The summed E-state index contributed by atoms with van der Waals surface area (Å²) < 4.78 is 15.1. The van der Waals surface area contributed by atoms with Crippen LogP contribution in [0.25, 0.3) is 22.5 Å². The average molecular weight is 647 g/mol. The third-order valence-electron chi connectivity index (χ3n) is 9.72. The lowest BCUT2D eigenvalue weighted by molar-refractivity contribution is -0.152. The Morgan fingerprint density at radius 2 is 1.69 bits per heavy atom. The summed E-state index contributed by atoms with van der Waals surface area (Å²) in [6.07, 6.45) is 5.50. The van der Waals surface area contributed by atoms with Gasteiger partial charge in [-0.25, -0.2) is 19.4 Å². The van der Waals surface area contributed by atoms with Crippen molar-refractivity contribution in [3.8, 4) is 28.3 Å². The number of hydrogen-bond acceptors (Lipinski definition) is 8. The SMILES string of the molecule is CCCCc1c(Cc2ccc(-c3ccccc3-c3nnn[nH]3)cc2)c(=O)n2n1C1(C(=O)Oc3ccccc3C(=O)OCC)CCC2CC1. The van der Waals surface area contributed by atoms with Crippen molar-refractivity contribution in [3.05, 3.63) is 106 Å². The quantitative estimate of drug-likeness (QED) is 0.136. The van der Waals surface area contributed by atoms with Gasteiger partial charge in [0.1, 0.15) is 11.3 Å². The van der Waals surface area contributed by atoms with E-state index in [2.05, 4.69) is 51.8 Å². The molecule has 2 bridgehead atoms. The summed E-state index contributed by atoms with van der Waals surface area (Å²) in [6.45, 7) is 4.07. The second kappa shape index (κ2) is 13.1. The van der Waals surface area contributed by atoms with E-state index in [9.17, 15) is 14.4 Å². The second-order valence-corrected chi connectivity index (χ2v) is 12.5. The minimum Gasteiger partial charge on any atom is -0.462 e. The predicted octanol–water partition coefficient (Wildman–Crippen LogP) is 6.04. The van der Waals surface area contributed by atoms with Crippen molar-refractivity contribution in [2.45, 2.75) is 76.8 Å². The summed E-state index contributed by atoms with van der Waals surface area (Å²) in [5.41, 5.74) is 4.64. The van der Waals surface area contributed by atoms with Crippen molar-refractivity contribution in [1.29, 1.82) is 0 Å². The predicted molar refractivity (Wildman–Crippen MR) is 179 cm³/mol. The minimum absolute atomic E-state index is 0.0255. The van der Waals surface area contributed by atoms with Gasteiger partial charge in [-0.15, -0.1) is 5.10 Å². The first-order chi connectivity index (χ1) is 23.4. The molecule has 1 saturated carbocycles. The van der Waals surface area contributed by atoms with E-state index in [1.165, 1.54) is 0 Å². The van der Waals surface area contributed by atoms with Gasteiger partial charge in [0.15, 0.2) is 11.4 Å². The van der Waals surface area contributed by atoms with Crippen molar-refractivity contribution in [3.63, 3.8) is 0 Å². The van der Waals surface area contributed by atoms with E-state index in [-0.39, 0.29) is 29.5 Å². The monoisotopic (exact) mass is 646 g/mol. The summed E-state index contributed by atoms with van der Waals surface area (Å²) >= 11 is 0. The van der Waals surface area contributed by atoms with Gasteiger partial charge in [0, 0.05) is 23.2 Å². The summed E-state index contributed by atoms with van der Waals surface area (Å²) in [5.74, 6) is -0.232. The first-order valence-corrected chi connectivity index (χ1v) is 16.7. The molecule has 1 N–H and O–H groups in total. The molecular weight excluding hydrogens is 608 g/mol. The van der Waals surface area contributed by atoms with E-state index in [0.717, 1.165) is 46.4 Å². The zero-order valence-electron chi connectivity index (χ0n) is 27.1. The highest BCUT2D eigenvalue weighted by Crippen LogP contribution is 2.47. The summed E-state index contributed by atoms with van der Waals surface area (Å²) in [5, 5.41) is 14.4. The Bertz CT molecular complexity index is 2000. The van der Waals surface area contributed by atoms with Crippen LogP contribution in [0.15, 0.2) is 77.6 Å². The fourth-order valence-corrected chi connectivity index (χ4v) is 7.36. The third kappa shape index (κ3) is 5.42. The highest BCUT2D eigenvalue weighted by atomic mass is 16.6. The molecule has 5 aromatic rings. The minimum atomic E-state index is -1.04. The van der Waals surface area contributed by atoms with Crippen LogP contribution < -0.4 is 10.3 Å². The zero-order valence-corrected chi connectivity index (χ0v) is 27.1. The number of rotatable bonds is 11. The number of carbonyl (C=O) groups excluding carboxylic acids is 2. The van der Waals surface area contributed by atoms with Crippen LogP contribution in [0.5, 0.6) is 5.75 Å². The number of hydrogen-bond donors (Lipinski definition) is 1. The number of nitrogens with zero attached hydrogens (tertiary/aromatic N) is 5. The van der Waals surface area contributed by atoms with E-state index >= 15 is 0 Å². The standard InChI is InChI=1S/C37H38N6O5/c1-3-5-13-31-30(23-24-15-17-25(18-16-24)27-10-6-7-11-28(27)33-38-40-41-39-33)34(44)42-26-19-21-37(22-20-26,43(31)42)36(46)48-32-14-9-8-12-29(32)35(45)47-4-2/h6-12,14-18,26H,3-5,13,19-23H2,1-2H3,(H,38,39,40,41). The van der Waals surface area contributed by atoms with Gasteiger partial charge in [-0.3, -0.25) is 9.48 Å². The Kier molecular flexibility index (Phi) is 8.51. The molecule has 246 valence electrons. The Balaban J connectivity index is 1.24. The molecule has 2 aromatic heterocycles. The average Bonchev–Trinajstić information content (AvgIpc) is 3.76. The number of esters is 2. The smallest absolute Gasteiger partial charge is 0.341 e. The lowest BCUT2D eigenvalue weighted by Gasteiger charge is -2.47. The summed E-state index contributed by atoms with van der Waals surface area (Å²) in [4.78, 5) is 41.3. The molecule has 3 aromatic carbocycles. The Morgan fingerprint density at radius 3 is 2.40 bits per heavy atom. The fourth-order valence-electron chi connectivity index (χ4n) is 7.36. The lowest BCUT2D eigenvalue weighted by Crippen LogP contribution is -2.56. The number of ether oxygens (including phenoxy) is 2. The molecule has 0 unspecified atom stereocenters. The number of aromatic amines is 1. The van der Waals surface area contributed by atoms with Crippen LogP contribution in [0.4, 0.5) is 0 Å². The molecule has 0 radical (unpaired) electrons. The molecule has 11 heteroatoms. The van der Waals surface area contributed by atoms with Gasteiger partial charge in [0.05, 0.1) is 12.6 Å². The first-order valence-electron chi connectivity index (χ1n) is 16.7. The van der Waals surface area contributed by atoms with Crippen LogP contribution in [0.1, 0.15) is 85.6 Å². The number of carbonyl (C=O) groups is 2. The van der Waals surface area contributed by atoms with Crippen molar-refractivity contribution >= 4 is 11.9 Å². The molecule has 0 saturated heterocycles. The van der Waals surface area contributed by atoms with Gasteiger partial charge in [-0.2, -0.15) is 0 Å². The molecule has 0 atom stereocenters. The van der Waals surface area contributed by atoms with Crippen LogP contribution in [-0.2, 0) is 27.9 Å². The van der Waals surface area contributed by atoms with E-state index in [4.69, 9.17) is 9.47 Å².